The number of rotatable bonds is 3. The van der Waals surface area contributed by atoms with E-state index in [1.807, 2.05) is 53.1 Å². The predicted molar refractivity (Wildman–Crippen MR) is 95.4 cm³/mol. The Kier molecular flexibility index (Phi) is 4.94. The Morgan fingerprint density at radius 2 is 1.67 bits per heavy atom. The van der Waals surface area contributed by atoms with Crippen LogP contribution in [0.1, 0.15) is 11.1 Å². The second-order valence-electron chi connectivity index (χ2n) is 6.01. The number of halogens is 1. The molecule has 1 saturated heterocycles. The average molecular weight is 324 g/mol. The summed E-state index contributed by atoms with van der Waals surface area (Å²) in [7, 11) is 0. The Bertz CT molecular complexity index is 732. The molecule has 0 radical (unpaired) electrons. The summed E-state index contributed by atoms with van der Waals surface area (Å²) >= 11 is 0. The van der Waals surface area contributed by atoms with E-state index in [1.165, 1.54) is 11.6 Å². The number of benzene rings is 2. The minimum atomic E-state index is -0.212. The maximum Gasteiger partial charge on any atom is 0.246 e. The standard InChI is InChI=1S/C20H21FN2O/c1-16-6-8-17(9-7-16)10-11-20(24)23-14-12-22(13-15-23)19-5-3-2-4-18(19)21/h2-11H,12-15H2,1H3/b11-10+. The molecular formula is C20H21FN2O. The van der Waals surface area contributed by atoms with Crippen molar-refractivity contribution in [2.45, 2.75) is 6.92 Å². The second kappa shape index (κ2) is 7.30. The topological polar surface area (TPSA) is 23.6 Å². The molecule has 1 fully saturated rings. The number of hydrogen-bond acceptors (Lipinski definition) is 2. The Hall–Kier alpha value is -2.62. The molecule has 24 heavy (non-hydrogen) atoms. The van der Waals surface area contributed by atoms with E-state index in [9.17, 15) is 9.18 Å². The van der Waals surface area contributed by atoms with Gasteiger partial charge in [0.15, 0.2) is 0 Å². The van der Waals surface area contributed by atoms with E-state index in [-0.39, 0.29) is 11.7 Å². The molecule has 0 atom stereocenters. The molecule has 0 bridgehead atoms. The molecule has 1 aliphatic rings. The van der Waals surface area contributed by atoms with E-state index in [0.29, 0.717) is 31.9 Å². The number of carbonyl (C=O) groups excluding carboxylic acids is 1. The first-order valence-corrected chi connectivity index (χ1v) is 8.16. The van der Waals surface area contributed by atoms with Crippen molar-refractivity contribution in [3.63, 3.8) is 0 Å². The van der Waals surface area contributed by atoms with Gasteiger partial charge in [-0.15, -0.1) is 0 Å². The van der Waals surface area contributed by atoms with Crippen molar-refractivity contribution < 1.29 is 9.18 Å². The largest absolute Gasteiger partial charge is 0.366 e. The molecule has 3 rings (SSSR count). The van der Waals surface area contributed by atoms with Crippen LogP contribution in [0, 0.1) is 12.7 Å². The second-order valence-corrected chi connectivity index (χ2v) is 6.01. The van der Waals surface area contributed by atoms with Gasteiger partial charge in [0.1, 0.15) is 5.82 Å². The fraction of sp³-hybridized carbons (Fsp3) is 0.250. The van der Waals surface area contributed by atoms with Crippen molar-refractivity contribution in [1.82, 2.24) is 4.90 Å². The van der Waals surface area contributed by atoms with E-state index >= 15 is 0 Å². The van der Waals surface area contributed by atoms with Gasteiger partial charge in [-0.25, -0.2) is 4.39 Å². The summed E-state index contributed by atoms with van der Waals surface area (Å²) in [5.74, 6) is -0.208. The smallest absolute Gasteiger partial charge is 0.246 e. The van der Waals surface area contributed by atoms with Gasteiger partial charge in [-0.1, -0.05) is 42.0 Å². The number of carbonyl (C=O) groups is 1. The third kappa shape index (κ3) is 3.82. The number of anilines is 1. The molecule has 0 unspecified atom stereocenters. The van der Waals surface area contributed by atoms with Crippen LogP contribution in [0.25, 0.3) is 6.08 Å². The Labute approximate surface area is 142 Å². The van der Waals surface area contributed by atoms with Gasteiger partial charge in [-0.05, 0) is 30.7 Å². The lowest BCUT2D eigenvalue weighted by Gasteiger charge is -2.35. The van der Waals surface area contributed by atoms with Crippen molar-refractivity contribution in [2.24, 2.45) is 0 Å². The van der Waals surface area contributed by atoms with Gasteiger partial charge in [0.2, 0.25) is 5.91 Å². The Balaban J connectivity index is 1.57. The zero-order chi connectivity index (χ0) is 16.9. The SMILES string of the molecule is Cc1ccc(/C=C/C(=O)N2CCN(c3ccccc3F)CC2)cc1. The van der Waals surface area contributed by atoms with Gasteiger partial charge in [-0.2, -0.15) is 0 Å². The lowest BCUT2D eigenvalue weighted by atomic mass is 10.1. The van der Waals surface area contributed by atoms with Crippen LogP contribution in [0.5, 0.6) is 0 Å². The molecule has 0 saturated carbocycles. The lowest BCUT2D eigenvalue weighted by molar-refractivity contribution is -0.126. The summed E-state index contributed by atoms with van der Waals surface area (Å²) in [4.78, 5) is 16.1. The minimum absolute atomic E-state index is 0.00348. The quantitative estimate of drug-likeness (QED) is 0.807. The fourth-order valence-corrected chi connectivity index (χ4v) is 2.83. The normalized spacial score (nSPS) is 15.1. The highest BCUT2D eigenvalue weighted by Gasteiger charge is 2.21. The predicted octanol–water partition coefficient (Wildman–Crippen LogP) is 3.50. The molecule has 2 aromatic rings. The summed E-state index contributed by atoms with van der Waals surface area (Å²) in [6.07, 6.45) is 3.45. The minimum Gasteiger partial charge on any atom is -0.366 e. The molecule has 124 valence electrons. The molecule has 0 spiro atoms. The highest BCUT2D eigenvalue weighted by Crippen LogP contribution is 2.20. The van der Waals surface area contributed by atoms with Crippen LogP contribution in [0.3, 0.4) is 0 Å². The monoisotopic (exact) mass is 324 g/mol. The number of amides is 1. The Morgan fingerprint density at radius 1 is 1.00 bits per heavy atom. The van der Waals surface area contributed by atoms with Crippen LogP contribution in [0.2, 0.25) is 0 Å². The van der Waals surface area contributed by atoms with Crippen LogP contribution in [-0.4, -0.2) is 37.0 Å². The zero-order valence-electron chi connectivity index (χ0n) is 13.8. The van der Waals surface area contributed by atoms with Crippen LogP contribution in [0.15, 0.2) is 54.6 Å². The third-order valence-corrected chi connectivity index (χ3v) is 4.28. The van der Waals surface area contributed by atoms with Gasteiger partial charge < -0.3 is 9.80 Å². The number of hydrogen-bond donors (Lipinski definition) is 0. The van der Waals surface area contributed by atoms with Crippen LogP contribution in [-0.2, 0) is 4.79 Å². The summed E-state index contributed by atoms with van der Waals surface area (Å²) in [6.45, 7) is 4.53. The van der Waals surface area contributed by atoms with Crippen molar-refractivity contribution in [3.05, 3.63) is 71.6 Å². The van der Waals surface area contributed by atoms with Gasteiger partial charge in [-0.3, -0.25) is 4.79 Å². The number of aryl methyl sites for hydroxylation is 1. The van der Waals surface area contributed by atoms with Crippen molar-refractivity contribution in [2.75, 3.05) is 31.1 Å². The van der Waals surface area contributed by atoms with E-state index in [0.717, 1.165) is 5.56 Å². The summed E-state index contributed by atoms with van der Waals surface area (Å²) in [5.41, 5.74) is 2.82. The summed E-state index contributed by atoms with van der Waals surface area (Å²) < 4.78 is 13.8. The maximum absolute atomic E-state index is 13.8. The van der Waals surface area contributed by atoms with E-state index in [1.54, 1.807) is 18.2 Å². The fourth-order valence-electron chi connectivity index (χ4n) is 2.83. The Morgan fingerprint density at radius 3 is 2.33 bits per heavy atom. The van der Waals surface area contributed by atoms with E-state index < -0.39 is 0 Å². The van der Waals surface area contributed by atoms with Gasteiger partial charge in [0, 0.05) is 32.3 Å². The van der Waals surface area contributed by atoms with Crippen molar-refractivity contribution >= 4 is 17.7 Å². The van der Waals surface area contributed by atoms with Crippen LogP contribution in [0.4, 0.5) is 10.1 Å². The molecule has 0 aliphatic carbocycles. The van der Waals surface area contributed by atoms with Gasteiger partial charge in [0.25, 0.3) is 0 Å². The number of nitrogens with zero attached hydrogens (tertiary/aromatic N) is 2. The number of para-hydroxylation sites is 1. The number of piperazine rings is 1. The van der Waals surface area contributed by atoms with Gasteiger partial charge >= 0.3 is 0 Å². The van der Waals surface area contributed by atoms with E-state index in [2.05, 4.69) is 0 Å². The molecule has 1 heterocycles. The summed E-state index contributed by atoms with van der Waals surface area (Å²) in [5, 5.41) is 0. The van der Waals surface area contributed by atoms with Crippen molar-refractivity contribution in [1.29, 1.82) is 0 Å². The molecule has 1 aliphatic heterocycles. The van der Waals surface area contributed by atoms with Gasteiger partial charge in [0.05, 0.1) is 5.69 Å². The van der Waals surface area contributed by atoms with Crippen molar-refractivity contribution in [3.8, 4) is 0 Å². The summed E-state index contributed by atoms with van der Waals surface area (Å²) in [6, 6.07) is 14.8. The van der Waals surface area contributed by atoms with Crippen LogP contribution < -0.4 is 4.90 Å². The molecule has 0 aromatic heterocycles. The molecule has 2 aromatic carbocycles. The lowest BCUT2D eigenvalue weighted by Crippen LogP contribution is -2.48. The first-order valence-electron chi connectivity index (χ1n) is 8.16. The average Bonchev–Trinajstić information content (AvgIpc) is 2.61. The highest BCUT2D eigenvalue weighted by atomic mass is 19.1. The molecule has 4 heteroatoms. The first kappa shape index (κ1) is 16.2. The molecule has 3 nitrogen and oxygen atoms in total. The maximum atomic E-state index is 13.8. The highest BCUT2D eigenvalue weighted by molar-refractivity contribution is 5.92. The molecular weight excluding hydrogens is 303 g/mol. The molecule has 0 N–H and O–H groups in total. The van der Waals surface area contributed by atoms with Crippen LogP contribution >= 0.6 is 0 Å². The first-order chi connectivity index (χ1) is 11.6. The molecule has 1 amide bonds. The van der Waals surface area contributed by atoms with E-state index in [4.69, 9.17) is 0 Å². The third-order valence-electron chi connectivity index (χ3n) is 4.28. The zero-order valence-corrected chi connectivity index (χ0v) is 13.8.